The number of aliphatic imine (C=N–C) groups is 1. The highest BCUT2D eigenvalue weighted by molar-refractivity contribution is 14.0. The minimum atomic E-state index is 0. The zero-order valence-electron chi connectivity index (χ0n) is 14.8. The standard InChI is InChI=1S/C16H35N3O2.HI/c1-5-7-8-10-15(3)19-16(17-6-2)18-11-9-12-21-14-13-20-4;/h15H,5-14H2,1-4H3,(H2,17,18,19);1H. The highest BCUT2D eigenvalue weighted by atomic mass is 127. The Labute approximate surface area is 154 Å². The lowest BCUT2D eigenvalue weighted by Crippen LogP contribution is -2.42. The number of nitrogens with zero attached hydrogens (tertiary/aromatic N) is 1. The number of guanidine groups is 1. The second kappa shape index (κ2) is 19.0. The fourth-order valence-corrected chi connectivity index (χ4v) is 1.93. The zero-order valence-corrected chi connectivity index (χ0v) is 17.2. The molecule has 0 fully saturated rings. The normalized spacial score (nSPS) is 12.6. The number of hydrogen-bond donors (Lipinski definition) is 2. The maximum atomic E-state index is 5.43. The molecule has 0 bridgehead atoms. The zero-order chi connectivity index (χ0) is 15.8. The molecule has 0 aromatic heterocycles. The van der Waals surface area contributed by atoms with Gasteiger partial charge in [-0.25, -0.2) is 0 Å². The van der Waals surface area contributed by atoms with Gasteiger partial charge in [0.1, 0.15) is 0 Å². The number of methoxy groups -OCH3 is 1. The van der Waals surface area contributed by atoms with Gasteiger partial charge in [-0.05, 0) is 26.7 Å². The Kier molecular flexibility index (Phi) is 20.8. The molecule has 0 heterocycles. The van der Waals surface area contributed by atoms with Crippen LogP contribution < -0.4 is 10.6 Å². The molecule has 0 aromatic rings. The summed E-state index contributed by atoms with van der Waals surface area (Å²) >= 11 is 0. The third kappa shape index (κ3) is 16.3. The molecule has 1 atom stereocenters. The molecule has 22 heavy (non-hydrogen) atoms. The highest BCUT2D eigenvalue weighted by Crippen LogP contribution is 2.02. The summed E-state index contributed by atoms with van der Waals surface area (Å²) in [5.41, 5.74) is 0. The smallest absolute Gasteiger partial charge is 0.191 e. The van der Waals surface area contributed by atoms with E-state index in [0.717, 1.165) is 32.1 Å². The van der Waals surface area contributed by atoms with Gasteiger partial charge in [0, 0.05) is 32.8 Å². The lowest BCUT2D eigenvalue weighted by Gasteiger charge is -2.17. The van der Waals surface area contributed by atoms with Gasteiger partial charge in [0.15, 0.2) is 5.96 Å². The first-order valence-electron chi connectivity index (χ1n) is 8.36. The third-order valence-corrected chi connectivity index (χ3v) is 3.12. The fraction of sp³-hybridized carbons (Fsp3) is 0.938. The average Bonchev–Trinajstić information content (AvgIpc) is 2.46. The van der Waals surface area contributed by atoms with Crippen molar-refractivity contribution in [3.63, 3.8) is 0 Å². The number of ether oxygens (including phenoxy) is 2. The molecular formula is C16H36IN3O2. The summed E-state index contributed by atoms with van der Waals surface area (Å²) in [6.45, 7) is 10.3. The van der Waals surface area contributed by atoms with Crippen molar-refractivity contribution in [3.05, 3.63) is 0 Å². The van der Waals surface area contributed by atoms with Gasteiger partial charge in [-0.15, -0.1) is 24.0 Å². The van der Waals surface area contributed by atoms with E-state index < -0.39 is 0 Å². The maximum Gasteiger partial charge on any atom is 0.191 e. The van der Waals surface area contributed by atoms with Crippen molar-refractivity contribution in [1.29, 1.82) is 0 Å². The van der Waals surface area contributed by atoms with Gasteiger partial charge in [-0.3, -0.25) is 4.99 Å². The summed E-state index contributed by atoms with van der Waals surface area (Å²) in [4.78, 5) is 4.58. The van der Waals surface area contributed by atoms with E-state index in [1.54, 1.807) is 7.11 Å². The summed E-state index contributed by atoms with van der Waals surface area (Å²) in [7, 11) is 1.68. The summed E-state index contributed by atoms with van der Waals surface area (Å²) < 4.78 is 10.4. The Morgan fingerprint density at radius 1 is 1.09 bits per heavy atom. The molecule has 0 rings (SSSR count). The van der Waals surface area contributed by atoms with Crippen LogP contribution in [0.1, 0.15) is 52.9 Å². The number of hydrogen-bond acceptors (Lipinski definition) is 3. The van der Waals surface area contributed by atoms with E-state index >= 15 is 0 Å². The lowest BCUT2D eigenvalue weighted by atomic mass is 10.1. The van der Waals surface area contributed by atoms with Crippen LogP contribution in [0.4, 0.5) is 0 Å². The molecule has 0 radical (unpaired) electrons. The highest BCUT2D eigenvalue weighted by Gasteiger charge is 2.04. The molecule has 2 N–H and O–H groups in total. The van der Waals surface area contributed by atoms with Crippen LogP contribution in [0, 0.1) is 0 Å². The van der Waals surface area contributed by atoms with Gasteiger partial charge in [-0.1, -0.05) is 26.2 Å². The summed E-state index contributed by atoms with van der Waals surface area (Å²) in [6.07, 6.45) is 5.97. The Morgan fingerprint density at radius 3 is 2.50 bits per heavy atom. The van der Waals surface area contributed by atoms with Crippen LogP contribution in [0.15, 0.2) is 4.99 Å². The van der Waals surface area contributed by atoms with E-state index in [-0.39, 0.29) is 24.0 Å². The van der Waals surface area contributed by atoms with Crippen molar-refractivity contribution in [1.82, 2.24) is 10.6 Å². The van der Waals surface area contributed by atoms with Crippen LogP contribution in [0.3, 0.4) is 0 Å². The Balaban J connectivity index is 0. The lowest BCUT2D eigenvalue weighted by molar-refractivity contribution is 0.0702. The van der Waals surface area contributed by atoms with E-state index in [0.29, 0.717) is 19.3 Å². The first-order chi connectivity index (χ1) is 10.2. The molecule has 134 valence electrons. The second-order valence-corrected chi connectivity index (χ2v) is 5.26. The predicted octanol–water partition coefficient (Wildman–Crippen LogP) is 3.18. The van der Waals surface area contributed by atoms with Crippen molar-refractivity contribution in [2.45, 2.75) is 58.9 Å². The van der Waals surface area contributed by atoms with Crippen LogP contribution >= 0.6 is 24.0 Å². The first-order valence-corrected chi connectivity index (χ1v) is 8.36. The molecule has 0 saturated heterocycles. The van der Waals surface area contributed by atoms with Crippen molar-refractivity contribution < 1.29 is 9.47 Å². The minimum absolute atomic E-state index is 0. The largest absolute Gasteiger partial charge is 0.382 e. The minimum Gasteiger partial charge on any atom is -0.382 e. The van der Waals surface area contributed by atoms with Crippen LogP contribution in [-0.4, -0.2) is 52.0 Å². The number of rotatable bonds is 13. The van der Waals surface area contributed by atoms with E-state index in [1.165, 1.54) is 25.7 Å². The van der Waals surface area contributed by atoms with Crippen LogP contribution in [-0.2, 0) is 9.47 Å². The molecule has 5 nitrogen and oxygen atoms in total. The Morgan fingerprint density at radius 2 is 1.86 bits per heavy atom. The van der Waals surface area contributed by atoms with Crippen molar-refractivity contribution in [2.75, 3.05) is 40.0 Å². The van der Waals surface area contributed by atoms with Gasteiger partial charge >= 0.3 is 0 Å². The molecule has 0 saturated carbocycles. The summed E-state index contributed by atoms with van der Waals surface area (Å²) in [5.74, 6) is 0.915. The molecule has 0 aliphatic rings. The van der Waals surface area contributed by atoms with Crippen LogP contribution in [0.25, 0.3) is 0 Å². The molecule has 0 aromatic carbocycles. The van der Waals surface area contributed by atoms with Gasteiger partial charge in [0.25, 0.3) is 0 Å². The number of nitrogens with one attached hydrogen (secondary N) is 2. The summed E-state index contributed by atoms with van der Waals surface area (Å²) in [6, 6.07) is 0.465. The molecule has 0 aliphatic carbocycles. The molecule has 0 aliphatic heterocycles. The van der Waals surface area contributed by atoms with Crippen LogP contribution in [0.5, 0.6) is 0 Å². The van der Waals surface area contributed by atoms with E-state index in [1.807, 2.05) is 0 Å². The Hall–Kier alpha value is -0.0800. The first kappa shape index (κ1) is 24.2. The maximum absolute atomic E-state index is 5.43. The molecule has 0 spiro atoms. The SMILES string of the molecule is CCCCCC(C)NC(=NCCCOCCOC)NCC.I. The molecule has 0 amide bonds. The fourth-order valence-electron chi connectivity index (χ4n) is 1.93. The van der Waals surface area contributed by atoms with Gasteiger partial charge < -0.3 is 20.1 Å². The molecule has 1 unspecified atom stereocenters. The summed E-state index contributed by atoms with van der Waals surface area (Å²) in [5, 5.41) is 6.76. The van der Waals surface area contributed by atoms with Crippen molar-refractivity contribution in [2.24, 2.45) is 4.99 Å². The molecule has 6 heteroatoms. The van der Waals surface area contributed by atoms with E-state index in [9.17, 15) is 0 Å². The number of halogens is 1. The predicted molar refractivity (Wildman–Crippen MR) is 105 cm³/mol. The quantitative estimate of drug-likeness (QED) is 0.204. The topological polar surface area (TPSA) is 54.9 Å². The third-order valence-electron chi connectivity index (χ3n) is 3.12. The number of unbranched alkanes of at least 4 members (excludes halogenated alkanes) is 2. The average molecular weight is 429 g/mol. The van der Waals surface area contributed by atoms with Gasteiger partial charge in [-0.2, -0.15) is 0 Å². The van der Waals surface area contributed by atoms with Crippen molar-refractivity contribution >= 4 is 29.9 Å². The van der Waals surface area contributed by atoms with Crippen LogP contribution in [0.2, 0.25) is 0 Å². The Bertz CT molecular complexity index is 254. The van der Waals surface area contributed by atoms with Crippen molar-refractivity contribution in [3.8, 4) is 0 Å². The molecular weight excluding hydrogens is 393 g/mol. The monoisotopic (exact) mass is 429 g/mol. The van der Waals surface area contributed by atoms with Gasteiger partial charge in [0.05, 0.1) is 13.2 Å². The van der Waals surface area contributed by atoms with E-state index in [2.05, 4.69) is 36.4 Å². The van der Waals surface area contributed by atoms with E-state index in [4.69, 9.17) is 9.47 Å². The van der Waals surface area contributed by atoms with Gasteiger partial charge in [0.2, 0.25) is 0 Å². The second-order valence-electron chi connectivity index (χ2n) is 5.26.